The largest absolute Gasteiger partial charge is 0.507 e. The lowest BCUT2D eigenvalue weighted by molar-refractivity contribution is 0.419. The fourth-order valence-corrected chi connectivity index (χ4v) is 1.77. The van der Waals surface area contributed by atoms with Gasteiger partial charge >= 0.3 is 7.12 Å². The second-order valence-electron chi connectivity index (χ2n) is 3.23. The first-order chi connectivity index (χ1) is 5.70. The number of hydrogen-bond acceptors (Lipinski definition) is 3. The van der Waals surface area contributed by atoms with E-state index in [1.54, 1.807) is 0 Å². The average molecular weight is 166 g/mol. The highest BCUT2D eigenvalue weighted by atomic mass is 16.4. The molecule has 1 aliphatic heterocycles. The number of rotatable bonds is 1. The van der Waals surface area contributed by atoms with Crippen LogP contribution in [0, 0.1) is 0 Å². The highest BCUT2D eigenvalue weighted by molar-refractivity contribution is 6.57. The van der Waals surface area contributed by atoms with Gasteiger partial charge in [-0.1, -0.05) is 0 Å². The van der Waals surface area contributed by atoms with Gasteiger partial charge in [-0.15, -0.1) is 0 Å². The third-order valence-corrected chi connectivity index (χ3v) is 2.39. The van der Waals surface area contributed by atoms with Crippen LogP contribution in [-0.4, -0.2) is 26.7 Å². The molecule has 0 amide bonds. The molecule has 0 bridgehead atoms. The maximum atomic E-state index is 8.99. The Morgan fingerprint density at radius 2 is 2.42 bits per heavy atom. The zero-order chi connectivity index (χ0) is 8.72. The van der Waals surface area contributed by atoms with E-state index in [-0.39, 0.29) is 0 Å². The summed E-state index contributed by atoms with van der Waals surface area (Å²) in [5, 5.41) is 18.0. The molecule has 1 aliphatic rings. The number of aryl methyl sites for hydroxylation is 1. The molecule has 0 saturated carbocycles. The second kappa shape index (κ2) is 2.60. The van der Waals surface area contributed by atoms with Crippen LogP contribution in [0.1, 0.15) is 25.2 Å². The van der Waals surface area contributed by atoms with Gasteiger partial charge in [0.05, 0.1) is 5.59 Å². The normalized spacial score (nSPS) is 21.1. The Balaban J connectivity index is 2.46. The molecule has 0 fully saturated rings. The Hall–Kier alpha value is -0.805. The minimum absolute atomic E-state index is 0.347. The van der Waals surface area contributed by atoms with Crippen LogP contribution < -0.4 is 5.59 Å². The van der Waals surface area contributed by atoms with Crippen molar-refractivity contribution in [2.45, 2.75) is 25.8 Å². The van der Waals surface area contributed by atoms with Crippen LogP contribution in [0.4, 0.5) is 0 Å². The number of imidazole rings is 1. The molecule has 1 aromatic rings. The maximum Gasteiger partial charge on any atom is 0.507 e. The van der Waals surface area contributed by atoms with Crippen LogP contribution in [0.2, 0.25) is 0 Å². The first-order valence-corrected chi connectivity index (χ1v) is 4.12. The highest BCUT2D eigenvalue weighted by Gasteiger charge is 2.27. The van der Waals surface area contributed by atoms with E-state index in [2.05, 4.69) is 11.9 Å². The molecular formula is C7H11BN2O2. The number of aromatic nitrogens is 2. The van der Waals surface area contributed by atoms with E-state index < -0.39 is 7.12 Å². The highest BCUT2D eigenvalue weighted by Crippen LogP contribution is 2.22. The van der Waals surface area contributed by atoms with Gasteiger partial charge < -0.3 is 14.6 Å². The molecular weight excluding hydrogens is 155 g/mol. The van der Waals surface area contributed by atoms with E-state index in [0.717, 1.165) is 18.7 Å². The Morgan fingerprint density at radius 3 is 3.08 bits per heavy atom. The van der Waals surface area contributed by atoms with Crippen LogP contribution in [0.15, 0.2) is 6.20 Å². The lowest BCUT2D eigenvalue weighted by Gasteiger charge is -2.09. The summed E-state index contributed by atoms with van der Waals surface area (Å²) in [6, 6.07) is 0.347. The molecule has 0 aliphatic carbocycles. The molecule has 0 unspecified atom stereocenters. The van der Waals surface area contributed by atoms with Crippen LogP contribution in [-0.2, 0) is 6.42 Å². The van der Waals surface area contributed by atoms with Crippen molar-refractivity contribution in [1.29, 1.82) is 0 Å². The molecule has 12 heavy (non-hydrogen) atoms. The van der Waals surface area contributed by atoms with E-state index in [0.29, 0.717) is 11.6 Å². The van der Waals surface area contributed by atoms with Crippen LogP contribution in [0.25, 0.3) is 0 Å². The van der Waals surface area contributed by atoms with E-state index in [1.807, 2.05) is 4.57 Å². The van der Waals surface area contributed by atoms with Gasteiger partial charge in [0, 0.05) is 18.7 Å². The lowest BCUT2D eigenvalue weighted by Crippen LogP contribution is -2.36. The number of hydrogen-bond donors (Lipinski definition) is 2. The van der Waals surface area contributed by atoms with Crippen LogP contribution in [0.5, 0.6) is 0 Å². The summed E-state index contributed by atoms with van der Waals surface area (Å²) in [5.41, 5.74) is 0.509. The quantitative estimate of drug-likeness (QED) is 0.530. The Bertz CT molecular complexity index is 298. The predicted octanol–water partition coefficient (Wildman–Crippen LogP) is -0.930. The fraction of sp³-hybridized carbons (Fsp3) is 0.571. The van der Waals surface area contributed by atoms with Crippen molar-refractivity contribution in [2.24, 2.45) is 0 Å². The zero-order valence-electron chi connectivity index (χ0n) is 6.94. The summed E-state index contributed by atoms with van der Waals surface area (Å²) in [6.45, 7) is 2.06. The zero-order valence-corrected chi connectivity index (χ0v) is 6.94. The number of nitrogens with zero attached hydrogens (tertiary/aromatic N) is 2. The average Bonchev–Trinajstić information content (AvgIpc) is 2.53. The molecule has 5 heteroatoms. The van der Waals surface area contributed by atoms with E-state index in [4.69, 9.17) is 10.0 Å². The van der Waals surface area contributed by atoms with Crippen molar-refractivity contribution in [3.8, 4) is 0 Å². The predicted molar refractivity (Wildman–Crippen MR) is 45.1 cm³/mol. The van der Waals surface area contributed by atoms with Crippen LogP contribution in [0.3, 0.4) is 0 Å². The summed E-state index contributed by atoms with van der Waals surface area (Å²) >= 11 is 0. The van der Waals surface area contributed by atoms with Gasteiger partial charge in [0.15, 0.2) is 0 Å². The Labute approximate surface area is 71.0 Å². The number of fused-ring (bicyclic) bond motifs is 1. The van der Waals surface area contributed by atoms with E-state index in [1.165, 1.54) is 6.20 Å². The summed E-state index contributed by atoms with van der Waals surface area (Å²) < 4.78 is 1.91. The summed E-state index contributed by atoms with van der Waals surface area (Å²) in [5.74, 6) is 0.964. The molecule has 0 aromatic carbocycles. The molecule has 1 aromatic heterocycles. The fourth-order valence-electron chi connectivity index (χ4n) is 1.77. The molecule has 2 rings (SSSR count). The maximum absolute atomic E-state index is 8.99. The monoisotopic (exact) mass is 166 g/mol. The Kier molecular flexibility index (Phi) is 1.70. The summed E-state index contributed by atoms with van der Waals surface area (Å²) in [6.07, 6.45) is 3.52. The molecule has 0 saturated heterocycles. The third-order valence-electron chi connectivity index (χ3n) is 2.39. The smallest absolute Gasteiger partial charge is 0.422 e. The Morgan fingerprint density at radius 1 is 1.67 bits per heavy atom. The molecule has 1 atom stereocenters. The van der Waals surface area contributed by atoms with E-state index >= 15 is 0 Å². The minimum atomic E-state index is -1.40. The molecule has 0 spiro atoms. The SMILES string of the molecule is C[C@H]1CCc2ncc(B(O)O)n21. The van der Waals surface area contributed by atoms with Gasteiger partial charge in [-0.25, -0.2) is 4.98 Å². The van der Waals surface area contributed by atoms with Crippen molar-refractivity contribution >= 4 is 12.7 Å². The van der Waals surface area contributed by atoms with Crippen molar-refractivity contribution in [1.82, 2.24) is 9.55 Å². The standard InChI is InChI=1S/C7H11BN2O2/c1-5-2-3-7-9-4-6(8(11)12)10(5)7/h4-5,11-12H,2-3H2,1H3/t5-/m0/s1. The van der Waals surface area contributed by atoms with Crippen molar-refractivity contribution in [3.63, 3.8) is 0 Å². The summed E-state index contributed by atoms with van der Waals surface area (Å²) in [4.78, 5) is 4.11. The second-order valence-corrected chi connectivity index (χ2v) is 3.23. The van der Waals surface area contributed by atoms with Crippen molar-refractivity contribution in [3.05, 3.63) is 12.0 Å². The third kappa shape index (κ3) is 0.973. The van der Waals surface area contributed by atoms with E-state index in [9.17, 15) is 0 Å². The molecule has 64 valence electrons. The van der Waals surface area contributed by atoms with Gasteiger partial charge in [-0.3, -0.25) is 0 Å². The van der Waals surface area contributed by atoms with Crippen LogP contribution >= 0.6 is 0 Å². The molecule has 2 heterocycles. The van der Waals surface area contributed by atoms with Gasteiger partial charge in [-0.2, -0.15) is 0 Å². The lowest BCUT2D eigenvalue weighted by atomic mass is 9.86. The first kappa shape index (κ1) is 7.82. The van der Waals surface area contributed by atoms with Gasteiger partial charge in [0.25, 0.3) is 0 Å². The molecule has 0 radical (unpaired) electrons. The first-order valence-electron chi connectivity index (χ1n) is 4.12. The van der Waals surface area contributed by atoms with Gasteiger partial charge in [0.2, 0.25) is 0 Å². The molecule has 2 N–H and O–H groups in total. The van der Waals surface area contributed by atoms with Crippen molar-refractivity contribution in [2.75, 3.05) is 0 Å². The molecule has 4 nitrogen and oxygen atoms in total. The summed E-state index contributed by atoms with van der Waals surface area (Å²) in [7, 11) is -1.40. The topological polar surface area (TPSA) is 58.3 Å². The van der Waals surface area contributed by atoms with Gasteiger partial charge in [0.1, 0.15) is 5.82 Å². The van der Waals surface area contributed by atoms with Crippen molar-refractivity contribution < 1.29 is 10.0 Å². The van der Waals surface area contributed by atoms with Gasteiger partial charge in [-0.05, 0) is 13.3 Å². The minimum Gasteiger partial charge on any atom is -0.422 e.